The Labute approximate surface area is 128 Å². The minimum Gasteiger partial charge on any atom is -0.455 e. The van der Waals surface area contributed by atoms with Crippen LogP contribution in [0.15, 0.2) is 41.3 Å². The average Bonchev–Trinajstić information content (AvgIpc) is 2.86. The second-order valence-corrected chi connectivity index (χ2v) is 5.85. The third kappa shape index (κ3) is 2.75. The number of benzene rings is 1. The van der Waals surface area contributed by atoms with Crippen LogP contribution in [0.5, 0.6) is 0 Å². The predicted octanol–water partition coefficient (Wildman–Crippen LogP) is 2.56. The Hall–Kier alpha value is -2.54. The van der Waals surface area contributed by atoms with Crippen molar-refractivity contribution < 1.29 is 13.9 Å². The van der Waals surface area contributed by atoms with Gasteiger partial charge in [0.25, 0.3) is 5.56 Å². The van der Waals surface area contributed by atoms with Gasteiger partial charge in [-0.05, 0) is 19.1 Å². The molecule has 3 rings (SSSR count). The summed E-state index contributed by atoms with van der Waals surface area (Å²) < 4.78 is 19.9. The zero-order chi connectivity index (χ0) is 15.7. The van der Waals surface area contributed by atoms with Crippen LogP contribution < -0.4 is 5.56 Å². The van der Waals surface area contributed by atoms with Crippen LogP contribution in [0, 0.1) is 12.7 Å². The quantitative estimate of drug-likeness (QED) is 0.696. The number of thiazole rings is 1. The Bertz CT molecular complexity index is 917. The standard InChI is InChI=1S/C15H11FN2O3S/c1-9-7-18-13(19)6-10(17-15(18)22-9)8-21-14(20)11-4-2-3-5-12(11)16/h2-7H,8H2,1H3. The first kappa shape index (κ1) is 14.4. The molecule has 0 fully saturated rings. The number of nitrogens with zero attached hydrogens (tertiary/aromatic N) is 2. The molecule has 0 bridgehead atoms. The van der Waals surface area contributed by atoms with Gasteiger partial charge >= 0.3 is 5.97 Å². The van der Waals surface area contributed by atoms with Gasteiger partial charge in [-0.15, -0.1) is 11.3 Å². The van der Waals surface area contributed by atoms with E-state index in [0.717, 1.165) is 4.88 Å². The number of carbonyl (C=O) groups excluding carboxylic acids is 1. The summed E-state index contributed by atoms with van der Waals surface area (Å²) in [4.78, 5) is 29.5. The van der Waals surface area contributed by atoms with Crippen molar-refractivity contribution in [1.29, 1.82) is 0 Å². The molecule has 112 valence electrons. The predicted molar refractivity (Wildman–Crippen MR) is 79.6 cm³/mol. The van der Waals surface area contributed by atoms with Crippen molar-refractivity contribution in [2.75, 3.05) is 0 Å². The number of carbonyl (C=O) groups is 1. The number of aryl methyl sites for hydroxylation is 1. The lowest BCUT2D eigenvalue weighted by Gasteiger charge is -2.05. The van der Waals surface area contributed by atoms with Crippen molar-refractivity contribution >= 4 is 22.3 Å². The SMILES string of the molecule is Cc1cn2c(=O)cc(COC(=O)c3ccccc3F)nc2s1. The van der Waals surface area contributed by atoms with Crippen molar-refractivity contribution in [3.05, 3.63) is 68.8 Å². The van der Waals surface area contributed by atoms with Crippen LogP contribution in [0.3, 0.4) is 0 Å². The van der Waals surface area contributed by atoms with E-state index in [9.17, 15) is 14.0 Å². The van der Waals surface area contributed by atoms with Gasteiger partial charge in [-0.3, -0.25) is 9.20 Å². The third-order valence-electron chi connectivity index (χ3n) is 2.98. The maximum absolute atomic E-state index is 13.5. The number of aromatic nitrogens is 2. The van der Waals surface area contributed by atoms with Crippen LogP contribution in [-0.4, -0.2) is 15.4 Å². The van der Waals surface area contributed by atoms with E-state index in [2.05, 4.69) is 4.98 Å². The first-order chi connectivity index (χ1) is 10.5. The van der Waals surface area contributed by atoms with Crippen LogP contribution in [-0.2, 0) is 11.3 Å². The molecule has 0 radical (unpaired) electrons. The van der Waals surface area contributed by atoms with Gasteiger partial charge in [0.1, 0.15) is 12.4 Å². The molecule has 0 aliphatic heterocycles. The maximum atomic E-state index is 13.5. The molecule has 2 heterocycles. The van der Waals surface area contributed by atoms with Gasteiger partial charge in [0.15, 0.2) is 4.96 Å². The van der Waals surface area contributed by atoms with Crippen LogP contribution >= 0.6 is 11.3 Å². The minimum atomic E-state index is -0.789. The molecule has 0 N–H and O–H groups in total. The summed E-state index contributed by atoms with van der Waals surface area (Å²) >= 11 is 1.36. The molecule has 0 unspecified atom stereocenters. The highest BCUT2D eigenvalue weighted by molar-refractivity contribution is 7.16. The monoisotopic (exact) mass is 318 g/mol. The van der Waals surface area contributed by atoms with E-state index < -0.39 is 11.8 Å². The third-order valence-corrected chi connectivity index (χ3v) is 3.88. The molecule has 22 heavy (non-hydrogen) atoms. The Kier molecular flexibility index (Phi) is 3.72. The van der Waals surface area contributed by atoms with E-state index in [1.165, 1.54) is 40.0 Å². The molecule has 0 aliphatic rings. The van der Waals surface area contributed by atoms with E-state index in [1.54, 1.807) is 12.3 Å². The first-order valence-corrected chi connectivity index (χ1v) is 7.26. The number of esters is 1. The summed E-state index contributed by atoms with van der Waals surface area (Å²) in [5.74, 6) is -1.44. The van der Waals surface area contributed by atoms with Crippen LogP contribution in [0.1, 0.15) is 20.9 Å². The first-order valence-electron chi connectivity index (χ1n) is 6.45. The lowest BCUT2D eigenvalue weighted by atomic mass is 10.2. The van der Waals surface area contributed by atoms with E-state index in [-0.39, 0.29) is 17.7 Å². The van der Waals surface area contributed by atoms with Crippen molar-refractivity contribution in [2.45, 2.75) is 13.5 Å². The topological polar surface area (TPSA) is 60.7 Å². The van der Waals surface area contributed by atoms with Gasteiger partial charge in [0.05, 0.1) is 11.3 Å². The second-order valence-electron chi connectivity index (χ2n) is 4.64. The second kappa shape index (κ2) is 5.69. The Balaban J connectivity index is 1.81. The van der Waals surface area contributed by atoms with Gasteiger partial charge in [-0.1, -0.05) is 12.1 Å². The largest absolute Gasteiger partial charge is 0.455 e. The summed E-state index contributed by atoms with van der Waals surface area (Å²) in [5.41, 5.74) is -0.0601. The summed E-state index contributed by atoms with van der Waals surface area (Å²) in [6, 6.07) is 6.85. The van der Waals surface area contributed by atoms with Crippen LogP contribution in [0.2, 0.25) is 0 Å². The van der Waals surface area contributed by atoms with Gasteiger partial charge in [0, 0.05) is 17.1 Å². The number of fused-ring (bicyclic) bond motifs is 1. The summed E-state index contributed by atoms with van der Waals surface area (Å²) in [6.45, 7) is 1.69. The molecule has 0 spiro atoms. The van der Waals surface area contributed by atoms with E-state index in [0.29, 0.717) is 10.7 Å². The highest BCUT2D eigenvalue weighted by atomic mass is 32.1. The highest BCUT2D eigenvalue weighted by Crippen LogP contribution is 2.14. The molecular weight excluding hydrogens is 307 g/mol. The zero-order valence-electron chi connectivity index (χ0n) is 11.6. The molecule has 5 nitrogen and oxygen atoms in total. The van der Waals surface area contributed by atoms with Crippen molar-refractivity contribution in [3.8, 4) is 0 Å². The van der Waals surface area contributed by atoms with E-state index in [1.807, 2.05) is 6.92 Å². The van der Waals surface area contributed by atoms with Gasteiger partial charge < -0.3 is 4.74 Å². The van der Waals surface area contributed by atoms with Gasteiger partial charge in [-0.2, -0.15) is 0 Å². The molecule has 3 aromatic rings. The fraction of sp³-hybridized carbons (Fsp3) is 0.133. The molecule has 1 aromatic carbocycles. The van der Waals surface area contributed by atoms with Crippen molar-refractivity contribution in [1.82, 2.24) is 9.38 Å². The normalized spacial score (nSPS) is 10.8. The fourth-order valence-corrected chi connectivity index (χ4v) is 2.83. The molecule has 0 saturated carbocycles. The number of halogens is 1. The molecule has 7 heteroatoms. The number of hydrogen-bond acceptors (Lipinski definition) is 5. The molecule has 0 atom stereocenters. The van der Waals surface area contributed by atoms with Gasteiger partial charge in [0.2, 0.25) is 0 Å². The Morgan fingerprint density at radius 2 is 2.18 bits per heavy atom. The molecule has 2 aromatic heterocycles. The number of ether oxygens (including phenoxy) is 1. The molecular formula is C15H11FN2O3S. The van der Waals surface area contributed by atoms with Crippen molar-refractivity contribution in [3.63, 3.8) is 0 Å². The summed E-state index contributed by atoms with van der Waals surface area (Å²) in [7, 11) is 0. The maximum Gasteiger partial charge on any atom is 0.341 e. The van der Waals surface area contributed by atoms with E-state index >= 15 is 0 Å². The fourth-order valence-electron chi connectivity index (χ4n) is 1.98. The van der Waals surface area contributed by atoms with Gasteiger partial charge in [-0.25, -0.2) is 14.2 Å². The van der Waals surface area contributed by atoms with Crippen LogP contribution in [0.25, 0.3) is 4.96 Å². The van der Waals surface area contributed by atoms with Crippen LogP contribution in [0.4, 0.5) is 4.39 Å². The Morgan fingerprint density at radius 3 is 2.95 bits per heavy atom. The number of hydrogen-bond donors (Lipinski definition) is 0. The molecule has 0 amide bonds. The molecule has 0 aliphatic carbocycles. The van der Waals surface area contributed by atoms with Crippen molar-refractivity contribution in [2.24, 2.45) is 0 Å². The molecule has 0 saturated heterocycles. The minimum absolute atomic E-state index is 0.146. The summed E-state index contributed by atoms with van der Waals surface area (Å²) in [5, 5.41) is 0. The lowest BCUT2D eigenvalue weighted by molar-refractivity contribution is 0.0462. The zero-order valence-corrected chi connectivity index (χ0v) is 12.4. The number of rotatable bonds is 3. The summed E-state index contributed by atoms with van der Waals surface area (Å²) in [6.07, 6.45) is 1.70. The smallest absolute Gasteiger partial charge is 0.341 e. The van der Waals surface area contributed by atoms with E-state index in [4.69, 9.17) is 4.74 Å². The highest BCUT2D eigenvalue weighted by Gasteiger charge is 2.13. The lowest BCUT2D eigenvalue weighted by Crippen LogP contribution is -2.15. The Morgan fingerprint density at radius 1 is 1.41 bits per heavy atom. The average molecular weight is 318 g/mol.